The molecule has 8 heteroatoms. The third-order valence-corrected chi connectivity index (χ3v) is 5.97. The van der Waals surface area contributed by atoms with E-state index >= 15 is 0 Å². The molecule has 4 aromatic carbocycles. The molecule has 0 atom stereocenters. The number of halogens is 2. The van der Waals surface area contributed by atoms with Gasteiger partial charge in [-0.15, -0.1) is 0 Å². The summed E-state index contributed by atoms with van der Waals surface area (Å²) in [5.41, 5.74) is 3.91. The highest BCUT2D eigenvalue weighted by Gasteiger charge is 2.13. The van der Waals surface area contributed by atoms with Crippen LogP contribution in [0.4, 0.5) is 4.39 Å². The monoisotopic (exact) mass is 579 g/mol. The molecule has 1 N–H and O–H groups in total. The van der Waals surface area contributed by atoms with Crippen molar-refractivity contribution in [2.75, 3.05) is 7.11 Å². The Hall–Kier alpha value is -3.97. The van der Waals surface area contributed by atoms with Crippen molar-refractivity contribution in [3.8, 4) is 17.6 Å². The molecule has 6 nitrogen and oxygen atoms in total. The number of methoxy groups -OCH3 is 1. The molecule has 0 aromatic heterocycles. The number of hydrogen-bond acceptors (Lipinski definition) is 5. The number of fused-ring (bicyclic) bond motifs is 1. The van der Waals surface area contributed by atoms with Crippen molar-refractivity contribution in [2.45, 2.75) is 6.61 Å². The van der Waals surface area contributed by atoms with E-state index in [4.69, 9.17) is 14.7 Å². The zero-order valence-electron chi connectivity index (χ0n) is 18.6. The van der Waals surface area contributed by atoms with Crippen LogP contribution in [0.3, 0.4) is 0 Å². The van der Waals surface area contributed by atoms with Crippen LogP contribution in [0.2, 0.25) is 0 Å². The number of hydrazone groups is 1. The molecule has 1 amide bonds. The number of rotatable bonds is 7. The SMILES string of the molecule is COc1cc(/C=N\NC(=O)c2ccc(C#N)cc2F)cc(I)c1OCc1ccc2ccccc2c1. The van der Waals surface area contributed by atoms with Crippen molar-refractivity contribution in [1.29, 1.82) is 5.26 Å². The Morgan fingerprint density at radius 3 is 2.66 bits per heavy atom. The predicted octanol–water partition coefficient (Wildman–Crippen LogP) is 5.81. The summed E-state index contributed by atoms with van der Waals surface area (Å²) in [4.78, 5) is 12.2. The van der Waals surface area contributed by atoms with Crippen LogP contribution in [0.25, 0.3) is 10.8 Å². The predicted molar refractivity (Wildman–Crippen MR) is 140 cm³/mol. The Balaban J connectivity index is 1.45. The lowest BCUT2D eigenvalue weighted by atomic mass is 10.1. The fourth-order valence-electron chi connectivity index (χ4n) is 3.43. The second-order valence-electron chi connectivity index (χ2n) is 7.51. The van der Waals surface area contributed by atoms with Crippen molar-refractivity contribution in [3.05, 3.63) is 104 Å². The van der Waals surface area contributed by atoms with Crippen LogP contribution in [0, 0.1) is 20.7 Å². The molecular formula is C27H19FIN3O3. The van der Waals surface area contributed by atoms with E-state index in [1.807, 2.05) is 30.3 Å². The van der Waals surface area contributed by atoms with Crippen molar-refractivity contribution in [1.82, 2.24) is 5.43 Å². The largest absolute Gasteiger partial charge is 0.493 e. The summed E-state index contributed by atoms with van der Waals surface area (Å²) in [5.74, 6) is -0.396. The van der Waals surface area contributed by atoms with Crippen LogP contribution >= 0.6 is 22.6 Å². The summed E-state index contributed by atoms with van der Waals surface area (Å²) in [6.07, 6.45) is 1.43. The van der Waals surface area contributed by atoms with E-state index in [0.29, 0.717) is 23.7 Å². The van der Waals surface area contributed by atoms with Gasteiger partial charge in [0.2, 0.25) is 0 Å². The van der Waals surface area contributed by atoms with Gasteiger partial charge in [-0.2, -0.15) is 10.4 Å². The maximum absolute atomic E-state index is 14.0. The summed E-state index contributed by atoms with van der Waals surface area (Å²) in [6.45, 7) is 0.372. The van der Waals surface area contributed by atoms with Crippen LogP contribution < -0.4 is 14.9 Å². The third kappa shape index (κ3) is 5.75. The second kappa shape index (κ2) is 11.0. The zero-order chi connectivity index (χ0) is 24.8. The van der Waals surface area contributed by atoms with Crippen molar-refractivity contribution in [3.63, 3.8) is 0 Å². The smallest absolute Gasteiger partial charge is 0.274 e. The number of nitrogens with zero attached hydrogens (tertiary/aromatic N) is 2. The maximum atomic E-state index is 14.0. The van der Waals surface area contributed by atoms with E-state index < -0.39 is 11.7 Å². The fraction of sp³-hybridized carbons (Fsp3) is 0.0741. The lowest BCUT2D eigenvalue weighted by Crippen LogP contribution is -2.19. The number of ether oxygens (including phenoxy) is 2. The first-order valence-electron chi connectivity index (χ1n) is 10.5. The van der Waals surface area contributed by atoms with Gasteiger partial charge in [0.25, 0.3) is 5.91 Å². The zero-order valence-corrected chi connectivity index (χ0v) is 20.7. The summed E-state index contributed by atoms with van der Waals surface area (Å²) >= 11 is 2.15. The average Bonchev–Trinajstić information content (AvgIpc) is 2.87. The Morgan fingerprint density at radius 1 is 1.11 bits per heavy atom. The molecule has 0 aliphatic rings. The maximum Gasteiger partial charge on any atom is 0.274 e. The van der Waals surface area contributed by atoms with Crippen LogP contribution in [0.15, 0.2) is 77.9 Å². The molecule has 0 saturated heterocycles. The minimum absolute atomic E-state index is 0.132. The van der Waals surface area contributed by atoms with Gasteiger partial charge < -0.3 is 9.47 Å². The molecule has 4 aromatic rings. The lowest BCUT2D eigenvalue weighted by molar-refractivity contribution is 0.0951. The summed E-state index contributed by atoms with van der Waals surface area (Å²) in [5, 5.41) is 15.0. The molecule has 174 valence electrons. The van der Waals surface area contributed by atoms with Crippen molar-refractivity contribution >= 4 is 45.5 Å². The minimum Gasteiger partial charge on any atom is -0.493 e. The Labute approximate surface area is 215 Å². The highest BCUT2D eigenvalue weighted by atomic mass is 127. The number of carbonyl (C=O) groups excluding carboxylic acids is 1. The van der Waals surface area contributed by atoms with E-state index in [-0.39, 0.29) is 11.1 Å². The normalized spacial score (nSPS) is 10.8. The number of carbonyl (C=O) groups is 1. The molecule has 35 heavy (non-hydrogen) atoms. The first-order valence-corrected chi connectivity index (χ1v) is 11.6. The van der Waals surface area contributed by atoms with Crippen molar-refractivity contribution in [2.24, 2.45) is 5.10 Å². The van der Waals surface area contributed by atoms with E-state index in [1.54, 1.807) is 13.2 Å². The lowest BCUT2D eigenvalue weighted by Gasteiger charge is -2.14. The molecule has 0 saturated carbocycles. The molecule has 0 unspecified atom stereocenters. The van der Waals surface area contributed by atoms with Crippen LogP contribution in [-0.4, -0.2) is 19.2 Å². The number of benzene rings is 4. The van der Waals surface area contributed by atoms with Crippen LogP contribution in [0.5, 0.6) is 11.5 Å². The van der Waals surface area contributed by atoms with Gasteiger partial charge in [-0.25, -0.2) is 9.82 Å². The van der Waals surface area contributed by atoms with Gasteiger partial charge in [-0.1, -0.05) is 36.4 Å². The number of hydrogen-bond donors (Lipinski definition) is 1. The molecule has 0 aliphatic heterocycles. The van der Waals surface area contributed by atoms with Gasteiger partial charge in [-0.05, 0) is 80.9 Å². The highest BCUT2D eigenvalue weighted by Crippen LogP contribution is 2.34. The first kappa shape index (κ1) is 24.2. The van der Waals surface area contributed by atoms with Gasteiger partial charge in [0.15, 0.2) is 11.5 Å². The first-order chi connectivity index (χ1) is 17.0. The number of nitriles is 1. The van der Waals surface area contributed by atoms with Gasteiger partial charge in [0.1, 0.15) is 12.4 Å². The van der Waals surface area contributed by atoms with Gasteiger partial charge in [-0.3, -0.25) is 4.79 Å². The van der Waals surface area contributed by atoms with E-state index in [9.17, 15) is 9.18 Å². The van der Waals surface area contributed by atoms with Gasteiger partial charge in [0, 0.05) is 0 Å². The molecule has 0 bridgehead atoms. The van der Waals surface area contributed by atoms with Gasteiger partial charge in [0.05, 0.1) is 34.1 Å². The molecule has 0 heterocycles. The van der Waals surface area contributed by atoms with Crippen LogP contribution in [-0.2, 0) is 6.61 Å². The third-order valence-electron chi connectivity index (χ3n) is 5.17. The van der Waals surface area contributed by atoms with Gasteiger partial charge >= 0.3 is 0 Å². The van der Waals surface area contributed by atoms with Crippen molar-refractivity contribution < 1.29 is 18.7 Å². The molecule has 0 radical (unpaired) electrons. The summed E-state index contributed by atoms with van der Waals surface area (Å²) in [7, 11) is 1.55. The summed E-state index contributed by atoms with van der Waals surface area (Å²) < 4.78 is 26.4. The Morgan fingerprint density at radius 2 is 1.91 bits per heavy atom. The molecule has 0 fully saturated rings. The van der Waals surface area contributed by atoms with E-state index in [2.05, 4.69) is 57.4 Å². The topological polar surface area (TPSA) is 83.7 Å². The highest BCUT2D eigenvalue weighted by molar-refractivity contribution is 14.1. The molecular weight excluding hydrogens is 560 g/mol. The number of amides is 1. The van der Waals surface area contributed by atoms with E-state index in [1.165, 1.54) is 23.7 Å². The number of nitrogens with one attached hydrogen (secondary N) is 1. The van der Waals surface area contributed by atoms with E-state index in [0.717, 1.165) is 20.6 Å². The average molecular weight is 579 g/mol. The van der Waals surface area contributed by atoms with Crippen LogP contribution in [0.1, 0.15) is 27.0 Å². The quantitative estimate of drug-likeness (QED) is 0.170. The Bertz CT molecular complexity index is 1480. The summed E-state index contributed by atoms with van der Waals surface area (Å²) in [6, 6.07) is 23.3. The molecule has 0 aliphatic carbocycles. The Kier molecular flexibility index (Phi) is 7.57. The second-order valence-corrected chi connectivity index (χ2v) is 8.67. The minimum atomic E-state index is -0.791. The molecule has 0 spiro atoms. The molecule has 4 rings (SSSR count). The standard InChI is InChI=1S/C27H19FIN3O3/c1-34-25-13-19(15-31-32-27(33)22-9-7-17(14-30)11-23(22)28)12-24(29)26(25)35-16-18-6-8-20-4-2-3-5-21(20)10-18/h2-13,15H,16H2,1H3,(H,32,33)/b31-15-. The fourth-order valence-corrected chi connectivity index (χ4v) is 4.21.